The lowest BCUT2D eigenvalue weighted by Crippen LogP contribution is -2.65. The molecule has 4 heterocycles. The quantitative estimate of drug-likeness (QED) is 0.126. The molecular formula is C43H51ClN6O4SSi. The minimum Gasteiger partial charge on any atom is -0.424 e. The monoisotopic (exact) mass is 810 g/mol. The Kier molecular flexibility index (Phi) is 11.3. The highest BCUT2D eigenvalue weighted by Crippen LogP contribution is 2.43. The Morgan fingerprint density at radius 1 is 0.911 bits per heavy atom. The van der Waals surface area contributed by atoms with Crippen LogP contribution in [0.1, 0.15) is 77.8 Å². The molecule has 10 nitrogen and oxygen atoms in total. The number of likely N-dealkylation sites (N-methyl/N-ethyl adjacent to an activating group) is 1. The van der Waals surface area contributed by atoms with Crippen LogP contribution in [0.4, 0.5) is 0 Å². The summed E-state index contributed by atoms with van der Waals surface area (Å²) < 4.78 is 0. The van der Waals surface area contributed by atoms with E-state index in [4.69, 9.17) is 16.6 Å². The fraction of sp³-hybridized carbons (Fsp3) is 0.395. The third kappa shape index (κ3) is 8.08. The van der Waals surface area contributed by atoms with Crippen molar-refractivity contribution >= 4 is 70.3 Å². The second kappa shape index (κ2) is 15.9. The number of amides is 3. The predicted molar refractivity (Wildman–Crippen MR) is 226 cm³/mol. The zero-order valence-electron chi connectivity index (χ0n) is 32.7. The largest absolute Gasteiger partial charge is 0.424 e. The zero-order chi connectivity index (χ0) is 39.8. The summed E-state index contributed by atoms with van der Waals surface area (Å²) in [6.07, 6.45) is 2.40. The molecule has 2 aromatic heterocycles. The molecule has 5 aromatic rings. The summed E-state index contributed by atoms with van der Waals surface area (Å²) in [5.74, 6) is -0.634. The molecular weight excluding hydrogens is 760 g/mol. The molecule has 3 aromatic carbocycles. The van der Waals surface area contributed by atoms with E-state index in [0.717, 1.165) is 51.4 Å². The number of H-pyrrole nitrogens is 1. The summed E-state index contributed by atoms with van der Waals surface area (Å²) in [5, 5.41) is 9.49. The smallest absolute Gasteiger partial charge is 0.280 e. The Morgan fingerprint density at radius 2 is 1.57 bits per heavy atom. The van der Waals surface area contributed by atoms with E-state index < -0.39 is 30.9 Å². The number of rotatable bonds is 11. The van der Waals surface area contributed by atoms with Crippen molar-refractivity contribution in [3.63, 3.8) is 0 Å². The molecule has 0 unspecified atom stereocenters. The summed E-state index contributed by atoms with van der Waals surface area (Å²) in [6, 6.07) is 26.0. The van der Waals surface area contributed by atoms with Crippen molar-refractivity contribution in [1.82, 2.24) is 30.4 Å². The highest BCUT2D eigenvalue weighted by atomic mass is 35.5. The molecule has 1 saturated heterocycles. The van der Waals surface area contributed by atoms with E-state index >= 15 is 0 Å². The van der Waals surface area contributed by atoms with Gasteiger partial charge in [-0.15, -0.1) is 11.3 Å². The first-order valence-electron chi connectivity index (χ1n) is 19.3. The van der Waals surface area contributed by atoms with Crippen LogP contribution in [0.3, 0.4) is 0 Å². The molecule has 2 atom stereocenters. The van der Waals surface area contributed by atoms with Crippen molar-refractivity contribution in [2.24, 2.45) is 5.41 Å². The minimum atomic E-state index is -3.27. The molecule has 294 valence electrons. The topological polar surface area (TPSA) is 131 Å². The SMILES string of the molecule is CN1CCc2nc(C(=O)N[C@@H]3CN(C(=O)C(C)(C)CCC(C)(C)[Si](O)(c4ccccc4)c4ccccc4)CC[C@@H]3NC(=O)c3cc4cc(Cl)ccc4[nH]3)sc2C1. The summed E-state index contributed by atoms with van der Waals surface area (Å²) in [5.41, 5.74) is 1.38. The molecule has 4 N–H and O–H groups in total. The molecule has 2 aliphatic rings. The van der Waals surface area contributed by atoms with Crippen molar-refractivity contribution in [2.45, 2.75) is 77.0 Å². The van der Waals surface area contributed by atoms with Gasteiger partial charge in [-0.3, -0.25) is 14.4 Å². The maximum absolute atomic E-state index is 14.5. The van der Waals surface area contributed by atoms with E-state index in [9.17, 15) is 19.2 Å². The fourth-order valence-corrected chi connectivity index (χ4v) is 13.2. The second-order valence-electron chi connectivity index (χ2n) is 16.7. The highest BCUT2D eigenvalue weighted by Gasteiger charge is 2.51. The van der Waals surface area contributed by atoms with E-state index in [0.29, 0.717) is 41.5 Å². The number of benzene rings is 3. The van der Waals surface area contributed by atoms with Crippen LogP contribution in [-0.4, -0.2) is 89.4 Å². The second-order valence-corrected chi connectivity index (χ2v) is 22.2. The average Bonchev–Trinajstić information content (AvgIpc) is 3.82. The van der Waals surface area contributed by atoms with E-state index in [1.165, 1.54) is 11.3 Å². The van der Waals surface area contributed by atoms with Crippen LogP contribution in [0.5, 0.6) is 0 Å². The standard InChI is InChI=1S/C43H51ClN6O4SSi/c1-42(2,20-21-43(3,4)56(54,30-12-8-6-9-13-30)31-14-10-7-11-15-31)41(53)50-23-19-33(46-38(51)35-25-28-24-29(44)16-17-32(28)45-35)36(26-50)47-39(52)40-48-34-18-22-49(5)27-37(34)55-40/h6-17,24-25,33,36,45,54H,18-23,26-27H2,1-5H3,(H,46,51)(H,47,52)/t33-,36+/m0/s1. The normalized spacial score (nSPS) is 18.1. The van der Waals surface area contributed by atoms with Gasteiger partial charge in [-0.05, 0) is 66.0 Å². The van der Waals surface area contributed by atoms with E-state index in [1.807, 2.05) is 85.5 Å². The number of fused-ring (bicyclic) bond motifs is 2. The molecule has 0 radical (unpaired) electrons. The Bertz CT molecular complexity index is 2190. The van der Waals surface area contributed by atoms with E-state index in [-0.39, 0.29) is 24.3 Å². The van der Waals surface area contributed by atoms with Gasteiger partial charge in [-0.1, -0.05) is 100.0 Å². The van der Waals surface area contributed by atoms with Crippen LogP contribution >= 0.6 is 22.9 Å². The van der Waals surface area contributed by atoms with Crippen molar-refractivity contribution in [3.8, 4) is 0 Å². The summed E-state index contributed by atoms with van der Waals surface area (Å²) in [7, 11) is -1.21. The van der Waals surface area contributed by atoms with Gasteiger partial charge in [0.2, 0.25) is 5.91 Å². The van der Waals surface area contributed by atoms with Gasteiger partial charge in [-0.25, -0.2) is 4.98 Å². The maximum atomic E-state index is 14.5. The van der Waals surface area contributed by atoms with Gasteiger partial charge in [0.05, 0.1) is 17.8 Å². The summed E-state index contributed by atoms with van der Waals surface area (Å²) in [6.45, 7) is 10.5. The predicted octanol–water partition coefficient (Wildman–Crippen LogP) is 5.73. The van der Waals surface area contributed by atoms with Gasteiger partial charge in [0.25, 0.3) is 20.1 Å². The van der Waals surface area contributed by atoms with E-state index in [1.54, 1.807) is 18.2 Å². The molecule has 13 heteroatoms. The van der Waals surface area contributed by atoms with Crippen molar-refractivity contribution in [1.29, 1.82) is 0 Å². The van der Waals surface area contributed by atoms with Gasteiger partial charge in [-0.2, -0.15) is 0 Å². The van der Waals surface area contributed by atoms with Crippen LogP contribution in [-0.2, 0) is 17.8 Å². The first-order chi connectivity index (χ1) is 26.6. The van der Waals surface area contributed by atoms with Gasteiger partial charge in [0.15, 0.2) is 5.01 Å². The number of nitrogens with zero attached hydrogens (tertiary/aromatic N) is 3. The number of likely N-dealkylation sites (tertiary alicyclic amines) is 1. The number of carbonyl (C=O) groups excluding carboxylic acids is 3. The van der Waals surface area contributed by atoms with Crippen LogP contribution in [0, 0.1) is 5.41 Å². The molecule has 3 amide bonds. The first kappa shape index (κ1) is 39.9. The fourth-order valence-electron chi connectivity index (χ4n) is 8.23. The molecule has 56 heavy (non-hydrogen) atoms. The highest BCUT2D eigenvalue weighted by molar-refractivity contribution is 7.13. The molecule has 0 spiro atoms. The molecule has 0 aliphatic carbocycles. The minimum absolute atomic E-state index is 0.0257. The lowest BCUT2D eigenvalue weighted by molar-refractivity contribution is -0.142. The maximum Gasteiger partial charge on any atom is 0.280 e. The Hall–Kier alpha value is -4.33. The van der Waals surface area contributed by atoms with Crippen molar-refractivity contribution < 1.29 is 19.2 Å². The molecule has 7 rings (SSSR count). The number of piperidine rings is 1. The number of hydrogen-bond donors (Lipinski definition) is 4. The molecule has 1 fully saturated rings. The third-order valence-corrected chi connectivity index (χ3v) is 17.7. The van der Waals surface area contributed by atoms with Crippen LogP contribution in [0.25, 0.3) is 10.9 Å². The Balaban J connectivity index is 1.09. The summed E-state index contributed by atoms with van der Waals surface area (Å²) >= 11 is 7.61. The van der Waals surface area contributed by atoms with Gasteiger partial charge in [0, 0.05) is 58.8 Å². The van der Waals surface area contributed by atoms with Crippen LogP contribution in [0.2, 0.25) is 10.1 Å². The number of nitrogens with one attached hydrogen (secondary N) is 3. The number of halogens is 1. The van der Waals surface area contributed by atoms with Crippen LogP contribution < -0.4 is 21.0 Å². The number of thiazole rings is 1. The molecule has 0 bridgehead atoms. The lowest BCUT2D eigenvalue weighted by Gasteiger charge is -2.44. The summed E-state index contributed by atoms with van der Waals surface area (Å²) in [4.78, 5) is 67.8. The van der Waals surface area contributed by atoms with Gasteiger partial charge < -0.3 is 30.2 Å². The molecule has 0 saturated carbocycles. The number of aromatic amines is 1. The lowest BCUT2D eigenvalue weighted by atomic mass is 9.82. The van der Waals surface area contributed by atoms with Crippen molar-refractivity contribution in [2.75, 3.05) is 26.7 Å². The number of aromatic nitrogens is 2. The number of carbonyl (C=O) groups is 3. The van der Waals surface area contributed by atoms with E-state index in [2.05, 4.69) is 41.4 Å². The molecule has 2 aliphatic heterocycles. The number of hydrogen-bond acceptors (Lipinski definition) is 7. The van der Waals surface area contributed by atoms with Crippen LogP contribution in [0.15, 0.2) is 84.9 Å². The Morgan fingerprint density at radius 3 is 2.25 bits per heavy atom. The Labute approximate surface area is 338 Å². The van der Waals surface area contributed by atoms with Gasteiger partial charge >= 0.3 is 0 Å². The third-order valence-electron chi connectivity index (χ3n) is 11.8. The van der Waals surface area contributed by atoms with Crippen molar-refractivity contribution in [3.05, 3.63) is 111 Å². The first-order valence-corrected chi connectivity index (χ1v) is 22.5. The average molecular weight is 812 g/mol. The van der Waals surface area contributed by atoms with Gasteiger partial charge in [0.1, 0.15) is 5.69 Å². The zero-order valence-corrected chi connectivity index (χ0v) is 35.3.